The standard InChI is InChI=1S/C21H26N4O3S/c1-5-19-23-17-11-6-7-12-18(17)25(19)14-20(26)22-15-9-8-10-16(13-15)29(27,28)24-21(2,3)4/h6-13,24H,5,14H2,1-4H3,(H,22,26). The molecule has 0 spiro atoms. The van der Waals surface area contributed by atoms with Crippen molar-refractivity contribution in [3.05, 3.63) is 54.4 Å². The monoisotopic (exact) mass is 414 g/mol. The molecule has 0 fully saturated rings. The summed E-state index contributed by atoms with van der Waals surface area (Å²) in [4.78, 5) is 17.3. The Hall–Kier alpha value is -2.71. The average Bonchev–Trinajstić information content (AvgIpc) is 2.98. The number of hydrogen-bond donors (Lipinski definition) is 2. The number of benzene rings is 2. The topological polar surface area (TPSA) is 93.1 Å². The van der Waals surface area contributed by atoms with Gasteiger partial charge < -0.3 is 9.88 Å². The summed E-state index contributed by atoms with van der Waals surface area (Å²) in [5.74, 6) is 0.577. The number of aryl methyl sites for hydroxylation is 1. The molecule has 2 N–H and O–H groups in total. The minimum Gasteiger partial charge on any atom is -0.324 e. The van der Waals surface area contributed by atoms with E-state index in [4.69, 9.17) is 0 Å². The molecule has 0 aliphatic rings. The second-order valence-corrected chi connectivity index (χ2v) is 9.57. The summed E-state index contributed by atoms with van der Waals surface area (Å²) in [6.45, 7) is 7.41. The number of para-hydroxylation sites is 2. The molecule has 3 rings (SSSR count). The lowest BCUT2D eigenvalue weighted by Gasteiger charge is -2.20. The number of carbonyl (C=O) groups is 1. The molecule has 2 aromatic carbocycles. The van der Waals surface area contributed by atoms with Gasteiger partial charge in [0.05, 0.1) is 15.9 Å². The van der Waals surface area contributed by atoms with Crippen LogP contribution in [-0.4, -0.2) is 29.4 Å². The van der Waals surface area contributed by atoms with Gasteiger partial charge in [0.15, 0.2) is 0 Å². The number of nitrogens with one attached hydrogen (secondary N) is 2. The SMILES string of the molecule is CCc1nc2ccccc2n1CC(=O)Nc1cccc(S(=O)(=O)NC(C)(C)C)c1. The number of sulfonamides is 1. The maximum absolute atomic E-state index is 12.7. The first-order valence-electron chi connectivity index (χ1n) is 9.47. The molecule has 1 aromatic heterocycles. The smallest absolute Gasteiger partial charge is 0.244 e. The van der Waals surface area contributed by atoms with Gasteiger partial charge in [-0.1, -0.05) is 25.1 Å². The zero-order valence-electron chi connectivity index (χ0n) is 17.1. The third-order valence-corrected chi connectivity index (χ3v) is 5.98. The van der Waals surface area contributed by atoms with Crippen LogP contribution in [0.15, 0.2) is 53.4 Å². The lowest BCUT2D eigenvalue weighted by atomic mass is 10.1. The third kappa shape index (κ3) is 5.02. The molecule has 0 radical (unpaired) electrons. The molecule has 1 amide bonds. The number of rotatable bonds is 6. The highest BCUT2D eigenvalue weighted by Crippen LogP contribution is 2.19. The molecule has 7 nitrogen and oxygen atoms in total. The molecule has 1 heterocycles. The summed E-state index contributed by atoms with van der Waals surface area (Å²) in [6, 6.07) is 13.9. The van der Waals surface area contributed by atoms with Gasteiger partial charge in [0.25, 0.3) is 0 Å². The summed E-state index contributed by atoms with van der Waals surface area (Å²) >= 11 is 0. The van der Waals surface area contributed by atoms with Gasteiger partial charge in [0, 0.05) is 17.6 Å². The van der Waals surface area contributed by atoms with Crippen molar-refractivity contribution < 1.29 is 13.2 Å². The van der Waals surface area contributed by atoms with Gasteiger partial charge in [-0.3, -0.25) is 4.79 Å². The molecule has 0 unspecified atom stereocenters. The van der Waals surface area contributed by atoms with E-state index in [2.05, 4.69) is 15.0 Å². The molecule has 0 aliphatic carbocycles. The zero-order chi connectivity index (χ0) is 21.2. The highest BCUT2D eigenvalue weighted by Gasteiger charge is 2.22. The van der Waals surface area contributed by atoms with Gasteiger partial charge in [-0.15, -0.1) is 0 Å². The second-order valence-electron chi connectivity index (χ2n) is 7.89. The summed E-state index contributed by atoms with van der Waals surface area (Å²) in [7, 11) is -3.68. The fourth-order valence-electron chi connectivity index (χ4n) is 3.12. The maximum Gasteiger partial charge on any atom is 0.244 e. The van der Waals surface area contributed by atoms with E-state index in [9.17, 15) is 13.2 Å². The molecule has 29 heavy (non-hydrogen) atoms. The molecule has 0 aliphatic heterocycles. The minimum atomic E-state index is -3.68. The number of nitrogens with zero attached hydrogens (tertiary/aromatic N) is 2. The zero-order valence-corrected chi connectivity index (χ0v) is 17.9. The first kappa shape index (κ1) is 21.0. The molecular formula is C21H26N4O3S. The Morgan fingerprint density at radius 2 is 1.83 bits per heavy atom. The second kappa shape index (κ2) is 7.96. The molecule has 0 atom stereocenters. The highest BCUT2D eigenvalue weighted by atomic mass is 32.2. The quantitative estimate of drug-likeness (QED) is 0.647. The molecule has 0 saturated heterocycles. The largest absolute Gasteiger partial charge is 0.324 e. The molecule has 8 heteroatoms. The van der Waals surface area contributed by atoms with Crippen LogP contribution >= 0.6 is 0 Å². The van der Waals surface area contributed by atoms with Crippen molar-refractivity contribution >= 4 is 32.7 Å². The average molecular weight is 415 g/mol. The summed E-state index contributed by atoms with van der Waals surface area (Å²) < 4.78 is 29.6. The Morgan fingerprint density at radius 1 is 1.10 bits per heavy atom. The van der Waals surface area contributed by atoms with Gasteiger partial charge in [-0.25, -0.2) is 18.1 Å². The predicted octanol–water partition coefficient (Wildman–Crippen LogP) is 3.31. The van der Waals surface area contributed by atoms with Gasteiger partial charge in [-0.2, -0.15) is 0 Å². The number of amides is 1. The Labute approximate surface area is 171 Å². The van der Waals surface area contributed by atoms with E-state index in [0.29, 0.717) is 12.1 Å². The number of imidazole rings is 1. The first-order chi connectivity index (χ1) is 13.6. The number of anilines is 1. The first-order valence-corrected chi connectivity index (χ1v) is 11.0. The predicted molar refractivity (Wildman–Crippen MR) is 114 cm³/mol. The van der Waals surface area contributed by atoms with Gasteiger partial charge >= 0.3 is 0 Å². The van der Waals surface area contributed by atoms with E-state index >= 15 is 0 Å². The summed E-state index contributed by atoms with van der Waals surface area (Å²) in [5, 5.41) is 2.79. The maximum atomic E-state index is 12.7. The summed E-state index contributed by atoms with van der Waals surface area (Å²) in [5.41, 5.74) is 1.56. The van der Waals surface area contributed by atoms with Crippen LogP contribution in [0.1, 0.15) is 33.5 Å². The highest BCUT2D eigenvalue weighted by molar-refractivity contribution is 7.89. The normalized spacial score (nSPS) is 12.3. The minimum absolute atomic E-state index is 0.0981. The van der Waals surface area contributed by atoms with E-state index in [1.54, 1.807) is 32.9 Å². The van der Waals surface area contributed by atoms with Gasteiger partial charge in [0.1, 0.15) is 12.4 Å². The van der Waals surface area contributed by atoms with E-state index in [1.165, 1.54) is 12.1 Å². The molecular weight excluding hydrogens is 388 g/mol. The molecule has 0 saturated carbocycles. The lowest BCUT2D eigenvalue weighted by Crippen LogP contribution is -2.40. The number of fused-ring (bicyclic) bond motifs is 1. The fraction of sp³-hybridized carbons (Fsp3) is 0.333. The Bertz CT molecular complexity index is 1140. The van der Waals surface area contributed by atoms with Crippen LogP contribution < -0.4 is 10.0 Å². The van der Waals surface area contributed by atoms with Crippen molar-refractivity contribution in [2.24, 2.45) is 0 Å². The van der Waals surface area contributed by atoms with E-state index in [-0.39, 0.29) is 17.3 Å². The Morgan fingerprint density at radius 3 is 2.52 bits per heavy atom. The van der Waals surface area contributed by atoms with Crippen molar-refractivity contribution in [1.82, 2.24) is 14.3 Å². The van der Waals surface area contributed by atoms with Crippen LogP contribution in [0.5, 0.6) is 0 Å². The van der Waals surface area contributed by atoms with Crippen LogP contribution in [0.4, 0.5) is 5.69 Å². The Kier molecular flexibility index (Phi) is 5.77. The molecule has 154 valence electrons. The van der Waals surface area contributed by atoms with Gasteiger partial charge in [-0.05, 0) is 51.1 Å². The Balaban J connectivity index is 1.81. The van der Waals surface area contributed by atoms with E-state index in [1.807, 2.05) is 35.8 Å². The summed E-state index contributed by atoms with van der Waals surface area (Å²) in [6.07, 6.45) is 0.703. The van der Waals surface area contributed by atoms with Crippen LogP contribution in [0, 0.1) is 0 Å². The molecule has 3 aromatic rings. The fourth-order valence-corrected chi connectivity index (χ4v) is 4.58. The number of aromatic nitrogens is 2. The van der Waals surface area contributed by atoms with E-state index < -0.39 is 15.6 Å². The number of hydrogen-bond acceptors (Lipinski definition) is 4. The third-order valence-electron chi connectivity index (χ3n) is 4.22. The van der Waals surface area contributed by atoms with Crippen LogP contribution in [0.25, 0.3) is 11.0 Å². The van der Waals surface area contributed by atoms with Crippen molar-refractivity contribution in [2.45, 2.75) is 51.1 Å². The van der Waals surface area contributed by atoms with Crippen molar-refractivity contribution in [2.75, 3.05) is 5.32 Å². The molecule has 0 bridgehead atoms. The van der Waals surface area contributed by atoms with Crippen LogP contribution in [0.3, 0.4) is 0 Å². The van der Waals surface area contributed by atoms with Crippen molar-refractivity contribution in [3.63, 3.8) is 0 Å². The van der Waals surface area contributed by atoms with Crippen LogP contribution in [0.2, 0.25) is 0 Å². The van der Waals surface area contributed by atoms with E-state index in [0.717, 1.165) is 16.9 Å². The number of carbonyl (C=O) groups excluding carboxylic acids is 1. The van der Waals surface area contributed by atoms with Crippen molar-refractivity contribution in [3.8, 4) is 0 Å². The van der Waals surface area contributed by atoms with Crippen LogP contribution in [-0.2, 0) is 27.8 Å². The lowest BCUT2D eigenvalue weighted by molar-refractivity contribution is -0.116. The van der Waals surface area contributed by atoms with Gasteiger partial charge in [0.2, 0.25) is 15.9 Å². The van der Waals surface area contributed by atoms with Crippen molar-refractivity contribution in [1.29, 1.82) is 0 Å².